The Balaban J connectivity index is 0.000000154. The molecule has 6 aromatic carbocycles. The van der Waals surface area contributed by atoms with Crippen LogP contribution in [0.4, 0.5) is 0 Å². The smallest absolute Gasteiger partial charge is 0.134 e. The van der Waals surface area contributed by atoms with Crippen LogP contribution < -0.4 is 0 Å². The second kappa shape index (κ2) is 27.4. The number of fused-ring (bicyclic) bond motifs is 6. The second-order valence-electron chi connectivity index (χ2n) is 31.7. The minimum absolute atomic E-state index is 0.0789. The van der Waals surface area contributed by atoms with Crippen LogP contribution in [0.25, 0.3) is 61.4 Å². The van der Waals surface area contributed by atoms with Gasteiger partial charge in [0.25, 0.3) is 0 Å². The van der Waals surface area contributed by atoms with Crippen LogP contribution in [0, 0.1) is 83.1 Å². The molecule has 0 saturated heterocycles. The van der Waals surface area contributed by atoms with Crippen LogP contribution in [0.2, 0.25) is 0 Å². The standard InChI is InChI=1S/2C14H18O.2C14H18S.2C14H18Se/c1-9-6-7-12-11(8-9)10(2)13(15-12)14(3,4)5;1-9-7-6-8-11-12(9)10(2)13(15-11)14(3,4)5;1-9-6-7-12-11(8-9)10(2)13(15-12)14(3,4)5;1-9-7-6-8-11-12(9)10(2)13(15-11)14(3,4)5;1-9-6-7-12-11(8-9)10(2)13(15-12)14(3,4)5;1-9-7-6-8-11-12(9)10(2)13(15-11)14(3,4)5/h6*6-8H,1-5H3. The molecule has 0 spiro atoms. The van der Waals surface area contributed by atoms with Gasteiger partial charge in [-0.25, -0.2) is 0 Å². The van der Waals surface area contributed by atoms with Gasteiger partial charge < -0.3 is 8.83 Å². The first-order chi connectivity index (χ1) is 41.4. The third-order valence-electron chi connectivity index (χ3n) is 16.8. The summed E-state index contributed by atoms with van der Waals surface area (Å²) in [5.41, 5.74) is 20.1. The number of furan rings is 2. The molecule has 2 nitrogen and oxygen atoms in total. The molecule has 0 aliphatic carbocycles. The van der Waals surface area contributed by atoms with Gasteiger partial charge in [-0.3, -0.25) is 0 Å². The second-order valence-corrected chi connectivity index (χ2v) is 38.2. The van der Waals surface area contributed by atoms with Gasteiger partial charge in [-0.15, -0.1) is 22.7 Å². The van der Waals surface area contributed by atoms with E-state index in [1.807, 2.05) is 34.8 Å². The van der Waals surface area contributed by atoms with Gasteiger partial charge in [0.15, 0.2) is 0 Å². The summed E-state index contributed by atoms with van der Waals surface area (Å²) < 4.78 is 21.2. The van der Waals surface area contributed by atoms with Gasteiger partial charge in [0.1, 0.15) is 22.7 Å². The third-order valence-corrected chi connectivity index (χ3v) is 27.3. The van der Waals surface area contributed by atoms with Crippen LogP contribution in [0.3, 0.4) is 0 Å². The topological polar surface area (TPSA) is 26.3 Å². The van der Waals surface area contributed by atoms with E-state index in [-0.39, 0.29) is 21.7 Å². The fraction of sp³-hybridized carbons (Fsp3) is 0.429. The van der Waals surface area contributed by atoms with E-state index in [0.29, 0.717) is 39.8 Å². The summed E-state index contributed by atoms with van der Waals surface area (Å²) in [5, 5.41) is 8.46. The average Bonchev–Trinajstić information content (AvgIpc) is 2.03. The fourth-order valence-electron chi connectivity index (χ4n) is 12.8. The van der Waals surface area contributed by atoms with Crippen LogP contribution >= 0.6 is 22.7 Å². The van der Waals surface area contributed by atoms with Crippen LogP contribution in [-0.4, -0.2) is 29.0 Å². The van der Waals surface area contributed by atoms with Gasteiger partial charge in [-0.2, -0.15) is 0 Å². The SMILES string of the molecule is Cc1ccc2[se]c(C(C)(C)C)c(C)c2c1.Cc1ccc2oc(C(C)(C)C)c(C)c2c1.Cc1ccc2sc(C(C)(C)C)c(C)c2c1.Cc1cccc2[se]c(C(C)(C)C)c(C)c12.Cc1cccc2oc(C(C)(C)C)c(C)c12.Cc1cccc2sc(C(C)(C)C)c(C)c12. The summed E-state index contributed by atoms with van der Waals surface area (Å²) in [7, 11) is 0. The first-order valence-corrected chi connectivity index (χ1v) is 37.5. The van der Waals surface area contributed by atoms with Gasteiger partial charge in [0.2, 0.25) is 0 Å². The summed E-state index contributed by atoms with van der Waals surface area (Å²) in [5.74, 6) is 2.20. The van der Waals surface area contributed by atoms with E-state index in [4.69, 9.17) is 8.83 Å². The summed E-state index contributed by atoms with van der Waals surface area (Å²) in [6.45, 7) is 67.2. The molecule has 0 saturated carbocycles. The van der Waals surface area contributed by atoms with E-state index < -0.39 is 0 Å². The van der Waals surface area contributed by atoms with E-state index in [2.05, 4.69) is 305 Å². The largest absolute Gasteiger partial charge is 0.460 e. The Hall–Kier alpha value is -5.16. The van der Waals surface area contributed by atoms with Crippen molar-refractivity contribution in [1.29, 1.82) is 0 Å². The molecule has 0 unspecified atom stereocenters. The zero-order chi connectivity index (χ0) is 67.3. The molecule has 12 aromatic rings. The molecule has 0 radical (unpaired) electrons. The van der Waals surface area contributed by atoms with Crippen molar-refractivity contribution in [3.63, 3.8) is 0 Å². The van der Waals surface area contributed by atoms with E-state index in [0.717, 1.165) is 22.7 Å². The Morgan fingerprint density at radius 1 is 0.300 bits per heavy atom. The predicted octanol–water partition coefficient (Wildman–Crippen LogP) is 25.9. The number of aryl methyl sites for hydroxylation is 12. The molecule has 0 N–H and O–H groups in total. The van der Waals surface area contributed by atoms with Crippen molar-refractivity contribution in [1.82, 2.24) is 0 Å². The molecule has 0 atom stereocenters. The fourth-order valence-corrected chi connectivity index (χ4v) is 20.8. The summed E-state index contributed by atoms with van der Waals surface area (Å²) in [4.78, 5) is 3.04. The first kappa shape index (κ1) is 72.3. The number of benzene rings is 6. The van der Waals surface area contributed by atoms with Crippen molar-refractivity contribution in [2.45, 2.75) is 240 Å². The van der Waals surface area contributed by atoms with Crippen molar-refractivity contribution in [2.24, 2.45) is 0 Å². The van der Waals surface area contributed by atoms with Gasteiger partial charge in [-0.05, 0) is 141 Å². The third kappa shape index (κ3) is 16.4. The molecule has 0 aliphatic rings. The van der Waals surface area contributed by atoms with Crippen molar-refractivity contribution in [2.75, 3.05) is 0 Å². The number of hydrogen-bond donors (Lipinski definition) is 0. The molecule has 6 aromatic heterocycles. The molecule has 0 amide bonds. The first-order valence-electron chi connectivity index (χ1n) is 32.4. The Morgan fingerprint density at radius 3 is 1.26 bits per heavy atom. The molecule has 0 fully saturated rings. The molecule has 480 valence electrons. The van der Waals surface area contributed by atoms with Crippen molar-refractivity contribution < 1.29 is 8.83 Å². The van der Waals surface area contributed by atoms with E-state index >= 15 is 0 Å². The summed E-state index contributed by atoms with van der Waals surface area (Å²) in [6, 6.07) is 39.5. The van der Waals surface area contributed by atoms with Gasteiger partial charge >= 0.3 is 196 Å². The normalized spacial score (nSPS) is 12.3. The van der Waals surface area contributed by atoms with E-state index in [1.165, 1.54) is 118 Å². The zero-order valence-corrected chi connectivity index (χ0v) is 65.9. The summed E-state index contributed by atoms with van der Waals surface area (Å²) in [6.07, 6.45) is 0. The maximum absolute atomic E-state index is 5.94. The number of hydrogen-bond acceptors (Lipinski definition) is 4. The van der Waals surface area contributed by atoms with Crippen LogP contribution in [0.15, 0.2) is 118 Å². The average molecular weight is 1370 g/mol. The molecule has 6 heteroatoms. The van der Waals surface area contributed by atoms with Gasteiger partial charge in [-0.1, -0.05) is 137 Å². The van der Waals surface area contributed by atoms with Crippen LogP contribution in [0.5, 0.6) is 0 Å². The van der Waals surface area contributed by atoms with E-state index in [1.54, 1.807) is 17.4 Å². The quantitative estimate of drug-likeness (QED) is 0.141. The monoisotopic (exact) mass is 1370 g/mol. The predicted molar refractivity (Wildman–Crippen MR) is 407 cm³/mol. The van der Waals surface area contributed by atoms with Crippen molar-refractivity contribution in [3.05, 3.63) is 206 Å². The molecule has 0 bridgehead atoms. The summed E-state index contributed by atoms with van der Waals surface area (Å²) >= 11 is 4.98. The molecule has 12 rings (SSSR count). The van der Waals surface area contributed by atoms with E-state index in [9.17, 15) is 0 Å². The van der Waals surface area contributed by atoms with Crippen LogP contribution in [-0.2, 0) is 32.5 Å². The number of thiophene rings is 2. The van der Waals surface area contributed by atoms with Gasteiger partial charge in [0, 0.05) is 40.8 Å². The van der Waals surface area contributed by atoms with Crippen LogP contribution in [0.1, 0.15) is 222 Å². The Morgan fingerprint density at radius 2 is 0.733 bits per heavy atom. The Bertz CT molecular complexity index is 4030. The maximum atomic E-state index is 5.94. The minimum atomic E-state index is 0.0789. The minimum Gasteiger partial charge on any atom is -0.460 e. The van der Waals surface area contributed by atoms with Crippen molar-refractivity contribution >= 4 is 113 Å². The molecule has 0 aliphatic heterocycles. The maximum Gasteiger partial charge on any atom is 0.134 e. The van der Waals surface area contributed by atoms with Crippen molar-refractivity contribution in [3.8, 4) is 0 Å². The Labute approximate surface area is 563 Å². The molecular formula is C84H108O2S2Se2. The molecule has 6 heterocycles. The van der Waals surface area contributed by atoms with Gasteiger partial charge in [0.05, 0.1) is 0 Å². The molecule has 90 heavy (non-hydrogen) atoms. The zero-order valence-electron chi connectivity index (χ0n) is 60.8. The number of rotatable bonds is 0. The molecular weight excluding hydrogens is 1260 g/mol. The Kier molecular flexibility index (Phi) is 22.0.